The number of nitrogens with two attached hydrogens (primary N) is 1. The number of ether oxygens (including phenoxy) is 2. The van der Waals surface area contributed by atoms with Crippen LogP contribution in [-0.2, 0) is 16.0 Å². The summed E-state index contributed by atoms with van der Waals surface area (Å²) in [5.74, 6) is 0.415. The highest BCUT2D eigenvalue weighted by atomic mass is 16.6. The molecule has 3 N–H and O–H groups in total. The maximum atomic E-state index is 5.43. The van der Waals surface area contributed by atoms with Crippen molar-refractivity contribution in [2.45, 2.75) is 12.6 Å². The predicted molar refractivity (Wildman–Crippen MR) is 51.2 cm³/mol. The number of nitrogens with zero attached hydrogens (tertiary/aromatic N) is 2. The Labute approximate surface area is 86.9 Å². The van der Waals surface area contributed by atoms with Gasteiger partial charge < -0.3 is 24.9 Å². The molecule has 0 aliphatic carbocycles. The summed E-state index contributed by atoms with van der Waals surface area (Å²) >= 11 is 0. The van der Waals surface area contributed by atoms with Crippen molar-refractivity contribution in [1.82, 2.24) is 10.2 Å². The second-order valence-corrected chi connectivity index (χ2v) is 3.15. The van der Waals surface area contributed by atoms with Crippen molar-refractivity contribution in [3.8, 4) is 0 Å². The third-order valence-corrected chi connectivity index (χ3v) is 2.01. The maximum absolute atomic E-state index is 5.43. The minimum absolute atomic E-state index is 0.0342. The third-order valence-electron chi connectivity index (χ3n) is 2.01. The molecule has 7 nitrogen and oxygen atoms in total. The van der Waals surface area contributed by atoms with Gasteiger partial charge >= 0.3 is 6.01 Å². The molecular weight excluding hydrogens is 200 g/mol. The first-order valence-electron chi connectivity index (χ1n) is 4.84. The van der Waals surface area contributed by atoms with Crippen molar-refractivity contribution in [1.29, 1.82) is 0 Å². The molecule has 0 spiro atoms. The molecule has 0 radical (unpaired) electrons. The van der Waals surface area contributed by atoms with Gasteiger partial charge in [0, 0.05) is 6.54 Å². The smallest absolute Gasteiger partial charge is 0.315 e. The van der Waals surface area contributed by atoms with Crippen LogP contribution < -0.4 is 11.1 Å². The quantitative estimate of drug-likeness (QED) is 0.687. The third kappa shape index (κ3) is 2.88. The lowest BCUT2D eigenvalue weighted by Crippen LogP contribution is -2.34. The van der Waals surface area contributed by atoms with Gasteiger partial charge in [-0.1, -0.05) is 5.10 Å². The van der Waals surface area contributed by atoms with E-state index in [2.05, 4.69) is 15.5 Å². The molecule has 1 fully saturated rings. The van der Waals surface area contributed by atoms with Crippen molar-refractivity contribution < 1.29 is 13.9 Å². The summed E-state index contributed by atoms with van der Waals surface area (Å²) in [6.07, 6.45) is 0.0342. The van der Waals surface area contributed by atoms with E-state index in [9.17, 15) is 0 Å². The van der Waals surface area contributed by atoms with E-state index in [1.807, 2.05) is 0 Å². The molecule has 7 heteroatoms. The van der Waals surface area contributed by atoms with E-state index in [-0.39, 0.29) is 12.6 Å². The van der Waals surface area contributed by atoms with Gasteiger partial charge in [-0.15, -0.1) is 5.10 Å². The highest BCUT2D eigenvalue weighted by Gasteiger charge is 2.15. The van der Waals surface area contributed by atoms with E-state index in [4.69, 9.17) is 19.6 Å². The molecule has 1 aromatic rings. The van der Waals surface area contributed by atoms with Crippen LogP contribution in [0.5, 0.6) is 0 Å². The van der Waals surface area contributed by atoms with Crippen molar-refractivity contribution >= 4 is 6.01 Å². The standard InChI is InChI=1S/C8H14N4O3/c9-3-7-11-12-8(15-7)10-4-6-5-13-1-2-14-6/h6H,1-5,9H2,(H,10,12). The SMILES string of the molecule is NCc1nnc(NCC2COCCO2)o1. The zero-order chi connectivity index (χ0) is 10.5. The Bertz CT molecular complexity index is 298. The minimum atomic E-state index is 0.0342. The molecule has 1 unspecified atom stereocenters. The first-order valence-corrected chi connectivity index (χ1v) is 4.84. The maximum Gasteiger partial charge on any atom is 0.315 e. The summed E-state index contributed by atoms with van der Waals surface area (Å²) in [6.45, 7) is 2.72. The molecular formula is C8H14N4O3. The van der Waals surface area contributed by atoms with Crippen LogP contribution in [-0.4, -0.2) is 42.7 Å². The van der Waals surface area contributed by atoms with Crippen LogP contribution in [0.4, 0.5) is 6.01 Å². The molecule has 2 rings (SSSR count). The summed E-state index contributed by atoms with van der Waals surface area (Å²) in [5, 5.41) is 10.5. The number of nitrogens with one attached hydrogen (secondary N) is 1. The van der Waals surface area contributed by atoms with E-state index in [0.717, 1.165) is 0 Å². The summed E-state index contributed by atoms with van der Waals surface area (Å²) in [7, 11) is 0. The van der Waals surface area contributed by atoms with Crippen molar-refractivity contribution in [2.75, 3.05) is 31.7 Å². The van der Waals surface area contributed by atoms with Gasteiger partial charge in [0.1, 0.15) is 0 Å². The Hall–Kier alpha value is -1.18. The summed E-state index contributed by atoms with van der Waals surface area (Å²) in [5.41, 5.74) is 5.33. The van der Waals surface area contributed by atoms with Crippen LogP contribution in [0.15, 0.2) is 4.42 Å². The molecule has 1 aliphatic heterocycles. The van der Waals surface area contributed by atoms with Crippen LogP contribution in [0.25, 0.3) is 0 Å². The molecule has 0 aromatic carbocycles. The fourth-order valence-corrected chi connectivity index (χ4v) is 1.26. The Morgan fingerprint density at radius 3 is 3.00 bits per heavy atom. The van der Waals surface area contributed by atoms with Crippen LogP contribution in [0, 0.1) is 0 Å². The highest BCUT2D eigenvalue weighted by molar-refractivity contribution is 5.17. The fraction of sp³-hybridized carbons (Fsp3) is 0.750. The Morgan fingerprint density at radius 2 is 2.33 bits per heavy atom. The molecule has 1 aliphatic rings. The fourth-order valence-electron chi connectivity index (χ4n) is 1.26. The summed E-state index contributed by atoms with van der Waals surface area (Å²) in [6, 6.07) is 0.365. The molecule has 1 atom stereocenters. The first-order chi connectivity index (χ1) is 7.38. The number of aromatic nitrogens is 2. The molecule has 84 valence electrons. The second kappa shape index (κ2) is 5.06. The van der Waals surface area contributed by atoms with Gasteiger partial charge in [-0.25, -0.2) is 0 Å². The zero-order valence-corrected chi connectivity index (χ0v) is 8.31. The van der Waals surface area contributed by atoms with Gasteiger partial charge in [0.05, 0.1) is 32.5 Å². The van der Waals surface area contributed by atoms with Crippen LogP contribution in [0.2, 0.25) is 0 Å². The van der Waals surface area contributed by atoms with E-state index < -0.39 is 0 Å². The lowest BCUT2D eigenvalue weighted by molar-refractivity contribution is -0.0820. The van der Waals surface area contributed by atoms with Crippen molar-refractivity contribution in [3.63, 3.8) is 0 Å². The van der Waals surface area contributed by atoms with Gasteiger partial charge in [-0.05, 0) is 0 Å². The largest absolute Gasteiger partial charge is 0.407 e. The van der Waals surface area contributed by atoms with E-state index in [0.29, 0.717) is 38.3 Å². The number of hydrogen-bond donors (Lipinski definition) is 2. The lowest BCUT2D eigenvalue weighted by atomic mass is 10.3. The molecule has 15 heavy (non-hydrogen) atoms. The predicted octanol–water partition coefficient (Wildman–Crippen LogP) is -0.644. The van der Waals surface area contributed by atoms with E-state index >= 15 is 0 Å². The first kappa shape index (κ1) is 10.3. The Morgan fingerprint density at radius 1 is 1.40 bits per heavy atom. The van der Waals surface area contributed by atoms with Crippen molar-refractivity contribution in [2.24, 2.45) is 5.73 Å². The molecule has 1 saturated heterocycles. The Kier molecular flexibility index (Phi) is 3.49. The number of hydrogen-bond acceptors (Lipinski definition) is 7. The van der Waals surface area contributed by atoms with Gasteiger partial charge in [0.2, 0.25) is 5.89 Å². The molecule has 1 aromatic heterocycles. The highest BCUT2D eigenvalue weighted by Crippen LogP contribution is 2.06. The minimum Gasteiger partial charge on any atom is -0.407 e. The molecule has 0 saturated carbocycles. The lowest BCUT2D eigenvalue weighted by Gasteiger charge is -2.22. The average molecular weight is 214 g/mol. The van der Waals surface area contributed by atoms with E-state index in [1.165, 1.54) is 0 Å². The topological polar surface area (TPSA) is 95.4 Å². The molecule has 0 amide bonds. The monoisotopic (exact) mass is 214 g/mol. The van der Waals surface area contributed by atoms with Crippen molar-refractivity contribution in [3.05, 3.63) is 5.89 Å². The Balaban J connectivity index is 1.76. The molecule has 0 bridgehead atoms. The van der Waals surface area contributed by atoms with Gasteiger partial charge in [0.25, 0.3) is 0 Å². The van der Waals surface area contributed by atoms with Crippen LogP contribution >= 0.6 is 0 Å². The van der Waals surface area contributed by atoms with Crippen LogP contribution in [0.1, 0.15) is 5.89 Å². The molecule has 2 heterocycles. The number of anilines is 1. The zero-order valence-electron chi connectivity index (χ0n) is 8.31. The van der Waals surface area contributed by atoms with E-state index in [1.54, 1.807) is 0 Å². The van der Waals surface area contributed by atoms with Gasteiger partial charge in [-0.2, -0.15) is 0 Å². The average Bonchev–Trinajstić information content (AvgIpc) is 2.76. The van der Waals surface area contributed by atoms with Crippen LogP contribution in [0.3, 0.4) is 0 Å². The summed E-state index contributed by atoms with van der Waals surface area (Å²) < 4.78 is 15.8. The summed E-state index contributed by atoms with van der Waals surface area (Å²) in [4.78, 5) is 0. The normalized spacial score (nSPS) is 21.5. The van der Waals surface area contributed by atoms with Gasteiger partial charge in [0.15, 0.2) is 0 Å². The second-order valence-electron chi connectivity index (χ2n) is 3.15. The number of rotatable bonds is 4. The van der Waals surface area contributed by atoms with Gasteiger partial charge in [-0.3, -0.25) is 0 Å².